The molecule has 3 atom stereocenters. The highest BCUT2D eigenvalue weighted by molar-refractivity contribution is 6.01. The van der Waals surface area contributed by atoms with Crippen molar-refractivity contribution in [3.63, 3.8) is 0 Å². The molecule has 1 saturated heterocycles. The number of hydrogen-bond acceptors (Lipinski definition) is 6. The number of halogens is 1. The molecule has 26 heavy (non-hydrogen) atoms. The van der Waals surface area contributed by atoms with Gasteiger partial charge in [0, 0.05) is 18.7 Å². The molecule has 6 nitrogen and oxygen atoms in total. The molecule has 0 amide bonds. The average molecular weight is 359 g/mol. The molecule has 0 aliphatic carbocycles. The molecule has 2 aliphatic rings. The molecule has 2 aliphatic heterocycles. The van der Waals surface area contributed by atoms with Gasteiger partial charge >= 0.3 is 0 Å². The Balaban J connectivity index is 2.20. The second kappa shape index (κ2) is 7.79. The predicted octanol–water partition coefficient (Wildman–Crippen LogP) is 1.53. The number of terminal acetylenes is 1. The standard InChI is InChI=1S/C19H22FN3O3/c1-5-19(10-24)15(25)8-14(26-19)6-11(2)9-22-17-13(4)12(3)7-16(20)23-18(17)21/h1,6-7,9,14-15,24-25H,3,8,10H2,2,4H3,(H2,21,23)/b11-6-,22-9-/t14-,15-,19+/m0/s1. The predicted molar refractivity (Wildman–Crippen MR) is 99.0 cm³/mol. The third kappa shape index (κ3) is 3.99. The lowest BCUT2D eigenvalue weighted by molar-refractivity contribution is -0.0615. The van der Waals surface area contributed by atoms with Crippen LogP contribution in [0.25, 0.3) is 0 Å². The number of nitrogens with two attached hydrogens (primary N) is 1. The van der Waals surface area contributed by atoms with Gasteiger partial charge < -0.3 is 20.7 Å². The Hall–Kier alpha value is -2.53. The molecule has 0 bridgehead atoms. The lowest BCUT2D eigenvalue weighted by Crippen LogP contribution is -2.41. The molecule has 2 rings (SSSR count). The maximum Gasteiger partial charge on any atom is 0.215 e. The van der Waals surface area contributed by atoms with E-state index in [0.717, 1.165) is 0 Å². The van der Waals surface area contributed by atoms with Crippen molar-refractivity contribution < 1.29 is 19.3 Å². The topological polar surface area (TPSA) is 100 Å². The van der Waals surface area contributed by atoms with Gasteiger partial charge in [-0.15, -0.1) is 6.42 Å². The number of aliphatic imine (C=N–C) groups is 2. The molecule has 0 spiro atoms. The lowest BCUT2D eigenvalue weighted by Gasteiger charge is -2.23. The molecule has 0 aromatic carbocycles. The number of ether oxygens (including phenoxy) is 1. The third-order valence-corrected chi connectivity index (χ3v) is 4.28. The van der Waals surface area contributed by atoms with E-state index in [2.05, 4.69) is 22.5 Å². The van der Waals surface area contributed by atoms with Gasteiger partial charge in [-0.05, 0) is 30.6 Å². The summed E-state index contributed by atoms with van der Waals surface area (Å²) >= 11 is 0. The van der Waals surface area contributed by atoms with Crippen molar-refractivity contribution in [3.05, 3.63) is 47.1 Å². The Morgan fingerprint density at radius 3 is 2.96 bits per heavy atom. The SMILES string of the molecule is C#C[C@]1(CO)O[C@@H](/C=C(C)\C=N/C2=C(C)C(=C)C=C(F)N=C2N)C[C@@H]1O. The van der Waals surface area contributed by atoms with Crippen molar-refractivity contribution >= 4 is 12.1 Å². The number of amidine groups is 1. The van der Waals surface area contributed by atoms with E-state index in [4.69, 9.17) is 16.9 Å². The molecule has 1 fully saturated rings. The summed E-state index contributed by atoms with van der Waals surface area (Å²) in [4.78, 5) is 7.91. The number of aliphatic hydroxyl groups excluding tert-OH is 2. The minimum atomic E-state index is -1.39. The number of allylic oxidation sites excluding steroid dienone is 4. The molecular weight excluding hydrogens is 337 g/mol. The van der Waals surface area contributed by atoms with E-state index in [9.17, 15) is 14.6 Å². The number of nitrogens with zero attached hydrogens (tertiary/aromatic N) is 2. The fraction of sp³-hybridized carbons (Fsp3) is 0.368. The zero-order chi connectivity index (χ0) is 19.5. The van der Waals surface area contributed by atoms with E-state index in [1.165, 1.54) is 12.3 Å². The zero-order valence-corrected chi connectivity index (χ0v) is 14.7. The molecule has 0 saturated carbocycles. The molecule has 0 unspecified atom stereocenters. The van der Waals surface area contributed by atoms with Crippen LogP contribution in [0.1, 0.15) is 20.3 Å². The minimum absolute atomic E-state index is 0.0434. The van der Waals surface area contributed by atoms with Crippen LogP contribution in [0.5, 0.6) is 0 Å². The summed E-state index contributed by atoms with van der Waals surface area (Å²) in [6.45, 7) is 6.80. The van der Waals surface area contributed by atoms with E-state index < -0.39 is 30.4 Å². The van der Waals surface area contributed by atoms with Gasteiger partial charge in [0.25, 0.3) is 0 Å². The molecule has 138 valence electrons. The highest BCUT2D eigenvalue weighted by Gasteiger charge is 2.45. The zero-order valence-electron chi connectivity index (χ0n) is 14.7. The Kier molecular flexibility index (Phi) is 5.93. The molecule has 2 heterocycles. The maximum atomic E-state index is 13.5. The van der Waals surface area contributed by atoms with Crippen molar-refractivity contribution in [2.75, 3.05) is 6.61 Å². The molecular formula is C19H22FN3O3. The summed E-state index contributed by atoms with van der Waals surface area (Å²) in [5, 5.41) is 19.4. The van der Waals surface area contributed by atoms with Crippen molar-refractivity contribution in [2.45, 2.75) is 38.1 Å². The van der Waals surface area contributed by atoms with Crippen LogP contribution in [0.15, 0.2) is 57.1 Å². The van der Waals surface area contributed by atoms with Crippen molar-refractivity contribution in [1.29, 1.82) is 0 Å². The van der Waals surface area contributed by atoms with Crippen molar-refractivity contribution in [2.24, 2.45) is 15.7 Å². The smallest absolute Gasteiger partial charge is 0.215 e. The quantitative estimate of drug-likeness (QED) is 0.403. The van der Waals surface area contributed by atoms with Gasteiger partial charge in [0.15, 0.2) is 11.4 Å². The summed E-state index contributed by atoms with van der Waals surface area (Å²) in [5.74, 6) is 1.54. The average Bonchev–Trinajstić information content (AvgIpc) is 2.85. The van der Waals surface area contributed by atoms with Gasteiger partial charge in [-0.3, -0.25) is 4.99 Å². The number of aliphatic hydroxyl groups is 2. The first-order chi connectivity index (χ1) is 12.2. The van der Waals surface area contributed by atoms with Gasteiger partial charge in [0.2, 0.25) is 5.95 Å². The summed E-state index contributed by atoms with van der Waals surface area (Å²) in [5.41, 5.74) is 6.49. The van der Waals surface area contributed by atoms with Crippen LogP contribution in [0.4, 0.5) is 4.39 Å². The van der Waals surface area contributed by atoms with E-state index in [0.29, 0.717) is 22.4 Å². The second-order valence-electron chi connectivity index (χ2n) is 6.23. The first-order valence-corrected chi connectivity index (χ1v) is 8.01. The van der Waals surface area contributed by atoms with Crippen LogP contribution in [0.3, 0.4) is 0 Å². The fourth-order valence-corrected chi connectivity index (χ4v) is 2.69. The fourth-order valence-electron chi connectivity index (χ4n) is 2.69. The maximum absolute atomic E-state index is 13.5. The minimum Gasteiger partial charge on any atom is -0.392 e. The van der Waals surface area contributed by atoms with Crippen LogP contribution in [-0.4, -0.2) is 46.7 Å². The molecule has 0 aromatic heterocycles. The van der Waals surface area contributed by atoms with E-state index in [-0.39, 0.29) is 12.3 Å². The molecule has 0 aromatic rings. The molecule has 0 radical (unpaired) electrons. The van der Waals surface area contributed by atoms with Gasteiger partial charge in [-0.2, -0.15) is 4.39 Å². The van der Waals surface area contributed by atoms with Crippen LogP contribution in [0.2, 0.25) is 0 Å². The Morgan fingerprint density at radius 1 is 1.69 bits per heavy atom. The van der Waals surface area contributed by atoms with Gasteiger partial charge in [0.1, 0.15) is 5.70 Å². The highest BCUT2D eigenvalue weighted by Crippen LogP contribution is 2.31. The Morgan fingerprint density at radius 2 is 2.38 bits per heavy atom. The number of hydrogen-bond donors (Lipinski definition) is 3. The van der Waals surface area contributed by atoms with Gasteiger partial charge in [-0.1, -0.05) is 18.6 Å². The van der Waals surface area contributed by atoms with Crippen LogP contribution in [-0.2, 0) is 4.74 Å². The first kappa shape index (κ1) is 19.8. The molecule has 7 heteroatoms. The highest BCUT2D eigenvalue weighted by atomic mass is 19.1. The van der Waals surface area contributed by atoms with Gasteiger partial charge in [0.05, 0.1) is 18.8 Å². The first-order valence-electron chi connectivity index (χ1n) is 8.01. The van der Waals surface area contributed by atoms with E-state index >= 15 is 0 Å². The van der Waals surface area contributed by atoms with E-state index in [1.54, 1.807) is 19.9 Å². The summed E-state index contributed by atoms with van der Waals surface area (Å²) < 4.78 is 19.1. The monoisotopic (exact) mass is 359 g/mol. The third-order valence-electron chi connectivity index (χ3n) is 4.28. The Labute approximate surface area is 152 Å². The van der Waals surface area contributed by atoms with Crippen LogP contribution in [0, 0.1) is 12.3 Å². The van der Waals surface area contributed by atoms with Gasteiger partial charge in [-0.25, -0.2) is 4.99 Å². The van der Waals surface area contributed by atoms with Crippen LogP contribution < -0.4 is 5.73 Å². The second-order valence-corrected chi connectivity index (χ2v) is 6.23. The Bertz CT molecular complexity index is 801. The lowest BCUT2D eigenvalue weighted by atomic mass is 9.98. The summed E-state index contributed by atoms with van der Waals surface area (Å²) in [7, 11) is 0. The number of rotatable bonds is 4. The molecule has 4 N–H and O–H groups in total. The van der Waals surface area contributed by atoms with Crippen molar-refractivity contribution in [3.8, 4) is 12.3 Å². The summed E-state index contributed by atoms with van der Waals surface area (Å²) in [6.07, 6.45) is 8.65. The largest absolute Gasteiger partial charge is 0.392 e. The summed E-state index contributed by atoms with van der Waals surface area (Å²) in [6, 6.07) is 0. The van der Waals surface area contributed by atoms with Crippen LogP contribution >= 0.6 is 0 Å². The normalized spacial score (nSPS) is 30.3. The van der Waals surface area contributed by atoms with Crippen molar-refractivity contribution in [1.82, 2.24) is 0 Å². The van der Waals surface area contributed by atoms with E-state index in [1.807, 2.05) is 0 Å².